The Balaban J connectivity index is 2.23. The summed E-state index contributed by atoms with van der Waals surface area (Å²) in [7, 11) is 0. The van der Waals surface area contributed by atoms with Crippen LogP contribution in [0.4, 0.5) is 0 Å². The molecule has 0 atom stereocenters. The average Bonchev–Trinajstić information content (AvgIpc) is 2.53. The van der Waals surface area contributed by atoms with Gasteiger partial charge in [0.15, 0.2) is 5.78 Å². The second-order valence-electron chi connectivity index (χ2n) is 3.96. The van der Waals surface area contributed by atoms with Gasteiger partial charge in [-0.25, -0.2) is 10.9 Å². The van der Waals surface area contributed by atoms with Gasteiger partial charge >= 0.3 is 0 Å². The zero-order chi connectivity index (χ0) is 15.1. The van der Waals surface area contributed by atoms with Crippen molar-refractivity contribution in [1.29, 1.82) is 0 Å². The van der Waals surface area contributed by atoms with E-state index in [1.165, 1.54) is 23.5 Å². The van der Waals surface area contributed by atoms with E-state index >= 15 is 0 Å². The van der Waals surface area contributed by atoms with E-state index in [1.54, 1.807) is 36.6 Å². The van der Waals surface area contributed by atoms with Gasteiger partial charge in [0, 0.05) is 18.0 Å². The number of ketones is 1. The van der Waals surface area contributed by atoms with Crippen LogP contribution in [-0.2, 0) is 4.79 Å². The minimum Gasteiger partial charge on any atom is -0.299 e. The van der Waals surface area contributed by atoms with Gasteiger partial charge in [-0.1, -0.05) is 18.2 Å². The number of nitrogens with zero attached hydrogens (tertiary/aromatic N) is 3. The monoisotopic (exact) mass is 299 g/mol. The topological polar surface area (TPSA) is 83.6 Å². The second kappa shape index (κ2) is 7.22. The van der Waals surface area contributed by atoms with Crippen LogP contribution in [0.1, 0.15) is 5.69 Å². The third-order valence-electron chi connectivity index (χ3n) is 2.51. The molecule has 1 aliphatic rings. The third-order valence-corrected chi connectivity index (χ3v) is 2.82. The van der Waals surface area contributed by atoms with Crippen LogP contribution in [0.15, 0.2) is 65.6 Å². The SMILES string of the molecule is NNC(=S)N(/C=C1\C=CC=CC1=O)/N=C\c1ccccn1. The highest BCUT2D eigenvalue weighted by atomic mass is 32.1. The Bertz CT molecular complexity index is 649. The quantitative estimate of drug-likeness (QED) is 0.285. The number of aromatic nitrogens is 1. The van der Waals surface area contributed by atoms with Crippen molar-refractivity contribution in [3.05, 3.63) is 66.2 Å². The van der Waals surface area contributed by atoms with Crippen LogP contribution in [-0.4, -0.2) is 27.1 Å². The van der Waals surface area contributed by atoms with E-state index in [-0.39, 0.29) is 10.9 Å². The molecule has 0 spiro atoms. The molecule has 0 aliphatic heterocycles. The van der Waals surface area contributed by atoms with E-state index in [4.69, 9.17) is 18.1 Å². The summed E-state index contributed by atoms with van der Waals surface area (Å²) in [5.41, 5.74) is 3.44. The Labute approximate surface area is 127 Å². The normalized spacial score (nSPS) is 15.7. The van der Waals surface area contributed by atoms with Gasteiger partial charge < -0.3 is 0 Å². The van der Waals surface area contributed by atoms with Crippen LogP contribution in [0.3, 0.4) is 0 Å². The van der Waals surface area contributed by atoms with Crippen LogP contribution >= 0.6 is 12.2 Å². The molecule has 3 N–H and O–H groups in total. The number of nitrogens with two attached hydrogens (primary N) is 1. The molecule has 21 heavy (non-hydrogen) atoms. The summed E-state index contributed by atoms with van der Waals surface area (Å²) >= 11 is 5.06. The molecule has 0 saturated heterocycles. The molecule has 0 aromatic carbocycles. The molecule has 106 valence electrons. The maximum Gasteiger partial charge on any atom is 0.208 e. The molecular weight excluding hydrogens is 286 g/mol. The minimum atomic E-state index is -0.129. The van der Waals surface area contributed by atoms with Crippen LogP contribution < -0.4 is 11.3 Å². The fraction of sp³-hybridized carbons (Fsp3) is 0. The van der Waals surface area contributed by atoms with Gasteiger partial charge in [-0.2, -0.15) is 5.10 Å². The molecule has 0 radical (unpaired) electrons. The number of hydrogen-bond acceptors (Lipinski definition) is 5. The van der Waals surface area contributed by atoms with Crippen molar-refractivity contribution in [2.24, 2.45) is 10.9 Å². The zero-order valence-corrected chi connectivity index (χ0v) is 11.8. The molecule has 0 fully saturated rings. The fourth-order valence-electron chi connectivity index (χ4n) is 1.50. The predicted molar refractivity (Wildman–Crippen MR) is 85.0 cm³/mol. The highest BCUT2D eigenvalue weighted by Gasteiger charge is 2.10. The first-order chi connectivity index (χ1) is 10.2. The summed E-state index contributed by atoms with van der Waals surface area (Å²) in [6.45, 7) is 0. The lowest BCUT2D eigenvalue weighted by Crippen LogP contribution is -2.38. The van der Waals surface area contributed by atoms with Gasteiger partial charge in [-0.3, -0.25) is 15.2 Å². The predicted octanol–water partition coefficient (Wildman–Crippen LogP) is 1.04. The molecule has 1 aromatic rings. The molecule has 0 saturated carbocycles. The number of allylic oxidation sites excluding steroid dienone is 5. The molecule has 1 aliphatic carbocycles. The Morgan fingerprint density at radius 1 is 1.38 bits per heavy atom. The van der Waals surface area contributed by atoms with E-state index in [0.29, 0.717) is 11.3 Å². The molecule has 1 heterocycles. The highest BCUT2D eigenvalue weighted by molar-refractivity contribution is 7.80. The van der Waals surface area contributed by atoms with E-state index in [9.17, 15) is 4.79 Å². The summed E-state index contributed by atoms with van der Waals surface area (Å²) in [5.74, 6) is 5.18. The van der Waals surface area contributed by atoms with Gasteiger partial charge in [-0.15, -0.1) is 0 Å². The lowest BCUT2D eigenvalue weighted by Gasteiger charge is -2.15. The Kier molecular flexibility index (Phi) is 5.08. The number of rotatable bonds is 3. The summed E-state index contributed by atoms with van der Waals surface area (Å²) < 4.78 is 0. The number of hydrogen-bond donors (Lipinski definition) is 2. The number of hydrazine groups is 1. The minimum absolute atomic E-state index is 0.129. The van der Waals surface area contributed by atoms with Crippen molar-refractivity contribution in [3.8, 4) is 0 Å². The maximum atomic E-state index is 11.7. The summed E-state index contributed by atoms with van der Waals surface area (Å²) in [4.78, 5) is 15.8. The number of hydrazone groups is 1. The largest absolute Gasteiger partial charge is 0.299 e. The Morgan fingerprint density at radius 2 is 2.19 bits per heavy atom. The summed E-state index contributed by atoms with van der Waals surface area (Å²) in [6, 6.07) is 5.44. The van der Waals surface area contributed by atoms with Gasteiger partial charge in [0.05, 0.1) is 11.9 Å². The van der Waals surface area contributed by atoms with Gasteiger partial charge in [0.25, 0.3) is 0 Å². The lowest BCUT2D eigenvalue weighted by molar-refractivity contribution is -0.111. The first kappa shape index (κ1) is 14.8. The van der Waals surface area contributed by atoms with Gasteiger partial charge in [0.1, 0.15) is 0 Å². The highest BCUT2D eigenvalue weighted by Crippen LogP contribution is 2.09. The summed E-state index contributed by atoms with van der Waals surface area (Å²) in [5, 5.41) is 5.63. The fourth-order valence-corrected chi connectivity index (χ4v) is 1.60. The molecule has 0 amide bonds. The average molecular weight is 299 g/mol. The maximum absolute atomic E-state index is 11.7. The van der Waals surface area contributed by atoms with Gasteiger partial charge in [-0.05, 0) is 36.5 Å². The van der Waals surface area contributed by atoms with Crippen LogP contribution in [0.25, 0.3) is 0 Å². The number of carbonyl (C=O) groups excluding carboxylic acids is 1. The molecule has 6 nitrogen and oxygen atoms in total. The number of pyridine rings is 1. The third kappa shape index (κ3) is 4.16. The molecule has 7 heteroatoms. The van der Waals surface area contributed by atoms with Crippen LogP contribution in [0.5, 0.6) is 0 Å². The molecular formula is C14H13N5OS. The van der Waals surface area contributed by atoms with Gasteiger partial charge in [0.2, 0.25) is 5.11 Å². The van der Waals surface area contributed by atoms with Crippen molar-refractivity contribution in [1.82, 2.24) is 15.4 Å². The van der Waals surface area contributed by atoms with Crippen molar-refractivity contribution >= 4 is 29.3 Å². The van der Waals surface area contributed by atoms with Crippen molar-refractivity contribution < 1.29 is 4.79 Å². The van der Waals surface area contributed by atoms with Crippen LogP contribution in [0, 0.1) is 0 Å². The summed E-state index contributed by atoms with van der Waals surface area (Å²) in [6.07, 6.45) is 11.2. The Morgan fingerprint density at radius 3 is 2.86 bits per heavy atom. The number of thiocarbonyl (C=S) groups is 1. The molecule has 0 bridgehead atoms. The first-order valence-corrected chi connectivity index (χ1v) is 6.47. The molecule has 0 unspecified atom stereocenters. The lowest BCUT2D eigenvalue weighted by atomic mass is 10.1. The van der Waals surface area contributed by atoms with Crippen LogP contribution in [0.2, 0.25) is 0 Å². The second-order valence-corrected chi connectivity index (χ2v) is 4.35. The first-order valence-electron chi connectivity index (χ1n) is 6.06. The van der Waals surface area contributed by atoms with E-state index in [1.807, 2.05) is 6.07 Å². The number of nitrogens with one attached hydrogen (secondary N) is 1. The standard InChI is InChI=1S/C14H13N5OS/c15-18-14(21)19(10-11-5-1-2-7-13(11)20)17-9-12-6-3-4-8-16-12/h1-10H,15H2,(H,18,21)/b11-10+,17-9-. The smallest absolute Gasteiger partial charge is 0.208 e. The van der Waals surface area contributed by atoms with Crippen molar-refractivity contribution in [2.75, 3.05) is 0 Å². The molecule has 1 aromatic heterocycles. The molecule has 2 rings (SSSR count). The van der Waals surface area contributed by atoms with Crippen molar-refractivity contribution in [3.63, 3.8) is 0 Å². The van der Waals surface area contributed by atoms with E-state index in [0.717, 1.165) is 0 Å². The zero-order valence-electron chi connectivity index (χ0n) is 11.0. The van der Waals surface area contributed by atoms with E-state index in [2.05, 4.69) is 15.5 Å². The van der Waals surface area contributed by atoms with Crippen molar-refractivity contribution in [2.45, 2.75) is 0 Å². The van der Waals surface area contributed by atoms with E-state index < -0.39 is 0 Å². The Hall–Kier alpha value is -2.64. The number of carbonyl (C=O) groups is 1.